The highest BCUT2D eigenvalue weighted by molar-refractivity contribution is 5.88. The zero-order valence-corrected chi connectivity index (χ0v) is 12.3. The molecule has 1 aromatic heterocycles. The van der Waals surface area contributed by atoms with E-state index in [0.29, 0.717) is 18.7 Å². The van der Waals surface area contributed by atoms with E-state index in [4.69, 9.17) is 9.47 Å². The normalized spacial score (nSPS) is 20.1. The molecule has 0 aliphatic carbocycles. The zero-order valence-electron chi connectivity index (χ0n) is 12.3. The van der Waals surface area contributed by atoms with Crippen molar-refractivity contribution in [1.82, 2.24) is 19.9 Å². The average molecular weight is 282 g/mol. The van der Waals surface area contributed by atoms with Crippen LogP contribution < -0.4 is 0 Å². The van der Waals surface area contributed by atoms with Crippen LogP contribution in [0.2, 0.25) is 0 Å². The summed E-state index contributed by atoms with van der Waals surface area (Å²) in [5, 5.41) is 8.00. The molecule has 7 heteroatoms. The maximum absolute atomic E-state index is 11.6. The molecule has 2 rings (SSSR count). The highest BCUT2D eigenvalue weighted by atomic mass is 16.5. The van der Waals surface area contributed by atoms with Gasteiger partial charge in [-0.1, -0.05) is 19.1 Å². The Morgan fingerprint density at radius 1 is 1.50 bits per heavy atom. The Morgan fingerprint density at radius 2 is 2.30 bits per heavy atom. The van der Waals surface area contributed by atoms with Crippen molar-refractivity contribution in [2.45, 2.75) is 32.9 Å². The summed E-state index contributed by atoms with van der Waals surface area (Å²) in [5.74, 6) is -0.437. The number of ether oxygens (including phenoxy) is 2. The highest BCUT2D eigenvalue weighted by Gasteiger charge is 2.24. The zero-order chi connectivity index (χ0) is 14.5. The summed E-state index contributed by atoms with van der Waals surface area (Å²) in [6.07, 6.45) is 0.767. The molecule has 20 heavy (non-hydrogen) atoms. The van der Waals surface area contributed by atoms with Crippen molar-refractivity contribution in [1.29, 1.82) is 0 Å². The van der Waals surface area contributed by atoms with E-state index in [1.54, 1.807) is 4.68 Å². The van der Waals surface area contributed by atoms with Gasteiger partial charge in [0.2, 0.25) is 0 Å². The standard InChI is InChI=1S/C13H22N4O3/c1-4-11-12(13(18)19-3)14-15-17(11)9-10-8-16(5-2)6-7-20-10/h10H,4-9H2,1-3H3. The van der Waals surface area contributed by atoms with Crippen LogP contribution in [0.1, 0.15) is 30.0 Å². The molecule has 0 aromatic carbocycles. The molecule has 0 saturated carbocycles. The van der Waals surface area contributed by atoms with Crippen LogP contribution in [0, 0.1) is 0 Å². The molecule has 0 amide bonds. The van der Waals surface area contributed by atoms with Crippen molar-refractivity contribution in [2.75, 3.05) is 33.4 Å². The topological polar surface area (TPSA) is 69.5 Å². The van der Waals surface area contributed by atoms with Gasteiger partial charge < -0.3 is 9.47 Å². The van der Waals surface area contributed by atoms with Crippen LogP contribution in [0.15, 0.2) is 0 Å². The van der Waals surface area contributed by atoms with E-state index < -0.39 is 5.97 Å². The molecule has 1 fully saturated rings. The summed E-state index contributed by atoms with van der Waals surface area (Å²) in [6, 6.07) is 0. The molecule has 0 radical (unpaired) electrons. The number of aromatic nitrogens is 3. The van der Waals surface area contributed by atoms with Gasteiger partial charge in [0.25, 0.3) is 0 Å². The number of nitrogens with zero attached hydrogens (tertiary/aromatic N) is 4. The molecule has 0 bridgehead atoms. The highest BCUT2D eigenvalue weighted by Crippen LogP contribution is 2.12. The number of hydrogen-bond donors (Lipinski definition) is 0. The lowest BCUT2D eigenvalue weighted by Gasteiger charge is -2.32. The predicted octanol–water partition coefficient (Wildman–Crippen LogP) is 0.348. The Morgan fingerprint density at radius 3 is 2.95 bits per heavy atom. The molecule has 1 unspecified atom stereocenters. The molecule has 1 aliphatic rings. The molecular weight excluding hydrogens is 260 g/mol. The fraction of sp³-hybridized carbons (Fsp3) is 0.769. The Bertz CT molecular complexity index is 460. The van der Waals surface area contributed by atoms with Crippen LogP contribution in [0.5, 0.6) is 0 Å². The Hall–Kier alpha value is -1.47. The molecule has 1 atom stereocenters. The van der Waals surface area contributed by atoms with Gasteiger partial charge >= 0.3 is 5.97 Å². The number of methoxy groups -OCH3 is 1. The van der Waals surface area contributed by atoms with Gasteiger partial charge in [-0.05, 0) is 13.0 Å². The van der Waals surface area contributed by atoms with Crippen molar-refractivity contribution in [2.24, 2.45) is 0 Å². The van der Waals surface area contributed by atoms with Gasteiger partial charge in [-0.15, -0.1) is 5.10 Å². The predicted molar refractivity (Wildman–Crippen MR) is 72.6 cm³/mol. The second kappa shape index (κ2) is 6.81. The summed E-state index contributed by atoms with van der Waals surface area (Å²) >= 11 is 0. The number of likely N-dealkylation sites (N-methyl/N-ethyl adjacent to an activating group) is 1. The molecule has 7 nitrogen and oxygen atoms in total. The third-order valence-electron chi connectivity index (χ3n) is 3.60. The molecule has 1 saturated heterocycles. The molecule has 0 N–H and O–H groups in total. The van der Waals surface area contributed by atoms with Crippen LogP contribution in [-0.2, 0) is 22.4 Å². The van der Waals surface area contributed by atoms with Gasteiger partial charge in [-0.2, -0.15) is 0 Å². The SMILES string of the molecule is CCc1c(C(=O)OC)nnn1CC1CN(CC)CCO1. The Balaban J connectivity index is 2.09. The van der Waals surface area contributed by atoms with Crippen LogP contribution in [0.25, 0.3) is 0 Å². The number of rotatable bonds is 5. The maximum atomic E-state index is 11.6. The molecule has 1 aromatic rings. The minimum absolute atomic E-state index is 0.0844. The Labute approximate surface area is 118 Å². The lowest BCUT2D eigenvalue weighted by atomic mass is 10.2. The van der Waals surface area contributed by atoms with Crippen LogP contribution in [0.4, 0.5) is 0 Å². The summed E-state index contributed by atoms with van der Waals surface area (Å²) in [5.41, 5.74) is 1.10. The lowest BCUT2D eigenvalue weighted by molar-refractivity contribution is -0.0363. The first-order valence-corrected chi connectivity index (χ1v) is 7.04. The van der Waals surface area contributed by atoms with Gasteiger partial charge in [0, 0.05) is 13.1 Å². The minimum Gasteiger partial charge on any atom is -0.464 e. The minimum atomic E-state index is -0.437. The fourth-order valence-corrected chi connectivity index (χ4v) is 2.46. The van der Waals surface area contributed by atoms with Gasteiger partial charge in [-0.25, -0.2) is 9.48 Å². The number of hydrogen-bond acceptors (Lipinski definition) is 6. The van der Waals surface area contributed by atoms with Crippen molar-refractivity contribution in [3.05, 3.63) is 11.4 Å². The smallest absolute Gasteiger partial charge is 0.360 e. The van der Waals surface area contributed by atoms with Crippen molar-refractivity contribution in [3.8, 4) is 0 Å². The summed E-state index contributed by atoms with van der Waals surface area (Å²) in [6.45, 7) is 8.34. The van der Waals surface area contributed by atoms with Gasteiger partial charge in [0.1, 0.15) is 0 Å². The second-order valence-corrected chi connectivity index (χ2v) is 4.80. The first-order chi connectivity index (χ1) is 9.69. The van der Waals surface area contributed by atoms with Gasteiger partial charge in [0.05, 0.1) is 32.1 Å². The summed E-state index contributed by atoms with van der Waals surface area (Å²) in [7, 11) is 1.35. The van der Waals surface area contributed by atoms with E-state index >= 15 is 0 Å². The van der Waals surface area contributed by atoms with Crippen molar-refractivity contribution >= 4 is 5.97 Å². The van der Waals surface area contributed by atoms with Gasteiger partial charge in [-0.3, -0.25) is 4.90 Å². The van der Waals surface area contributed by atoms with Crippen LogP contribution in [-0.4, -0.2) is 65.3 Å². The van der Waals surface area contributed by atoms with Crippen LogP contribution in [0.3, 0.4) is 0 Å². The van der Waals surface area contributed by atoms with Gasteiger partial charge in [0.15, 0.2) is 5.69 Å². The first kappa shape index (κ1) is 14.9. The van der Waals surface area contributed by atoms with Crippen molar-refractivity contribution < 1.29 is 14.3 Å². The second-order valence-electron chi connectivity index (χ2n) is 4.80. The number of carbonyl (C=O) groups is 1. The monoisotopic (exact) mass is 282 g/mol. The van der Waals surface area contributed by atoms with E-state index in [1.165, 1.54) is 7.11 Å². The average Bonchev–Trinajstić information content (AvgIpc) is 2.89. The molecular formula is C13H22N4O3. The van der Waals surface area contributed by atoms with Crippen molar-refractivity contribution in [3.63, 3.8) is 0 Å². The molecule has 1 aliphatic heterocycles. The largest absolute Gasteiger partial charge is 0.464 e. The number of esters is 1. The molecule has 112 valence electrons. The Kier molecular flexibility index (Phi) is 5.08. The van der Waals surface area contributed by atoms with E-state index in [2.05, 4.69) is 22.1 Å². The van der Waals surface area contributed by atoms with E-state index in [1.807, 2.05) is 6.92 Å². The quantitative estimate of drug-likeness (QED) is 0.726. The van der Waals surface area contributed by atoms with E-state index in [0.717, 1.165) is 31.9 Å². The third kappa shape index (κ3) is 3.16. The summed E-state index contributed by atoms with van der Waals surface area (Å²) < 4.78 is 12.2. The maximum Gasteiger partial charge on any atom is 0.360 e. The number of carbonyl (C=O) groups excluding carboxylic acids is 1. The van der Waals surface area contributed by atoms with E-state index in [-0.39, 0.29) is 6.10 Å². The first-order valence-electron chi connectivity index (χ1n) is 7.04. The van der Waals surface area contributed by atoms with E-state index in [9.17, 15) is 4.79 Å². The third-order valence-corrected chi connectivity index (χ3v) is 3.60. The number of morpholine rings is 1. The summed E-state index contributed by atoms with van der Waals surface area (Å²) in [4.78, 5) is 14.0. The molecule has 2 heterocycles. The lowest BCUT2D eigenvalue weighted by Crippen LogP contribution is -2.44. The molecule has 0 spiro atoms. The fourth-order valence-electron chi connectivity index (χ4n) is 2.46. The van der Waals surface area contributed by atoms with Crippen LogP contribution >= 0.6 is 0 Å².